The molecule has 0 saturated heterocycles. The van der Waals surface area contributed by atoms with Crippen molar-refractivity contribution in [1.82, 2.24) is 4.57 Å². The van der Waals surface area contributed by atoms with Crippen LogP contribution in [-0.4, -0.2) is 11.1 Å². The van der Waals surface area contributed by atoms with Crippen molar-refractivity contribution in [2.24, 2.45) is 0 Å². The summed E-state index contributed by atoms with van der Waals surface area (Å²) in [5.74, 6) is -1.28. The highest BCUT2D eigenvalue weighted by Crippen LogP contribution is 2.36. The Kier molecular flexibility index (Phi) is 5.81. The monoisotopic (exact) mass is 428 g/mol. The standard InChI is InChI=1S/C22H19ClF2N4O/c1-4-12-6-15(24)17(27)8-18(12)29-10-14(11(3)9-26)22(30)13-7-16(25)20(28-5-2)19(23)21(13)29/h6-8,10,28H,3-5,27H2,1-2H3. The van der Waals surface area contributed by atoms with Crippen molar-refractivity contribution in [1.29, 1.82) is 5.26 Å². The van der Waals surface area contributed by atoms with Crippen molar-refractivity contribution >= 4 is 39.5 Å². The number of nitrogens with one attached hydrogen (secondary N) is 1. The molecule has 3 aromatic rings. The molecule has 0 spiro atoms. The second-order valence-electron chi connectivity index (χ2n) is 6.66. The second kappa shape index (κ2) is 8.17. The average Bonchev–Trinajstić information content (AvgIpc) is 2.73. The fourth-order valence-electron chi connectivity index (χ4n) is 3.35. The number of hydrogen-bond donors (Lipinski definition) is 2. The van der Waals surface area contributed by atoms with Gasteiger partial charge in [0, 0.05) is 12.7 Å². The quantitative estimate of drug-likeness (QED) is 0.440. The molecule has 0 aliphatic carbocycles. The van der Waals surface area contributed by atoms with Crippen LogP contribution < -0.4 is 16.5 Å². The van der Waals surface area contributed by atoms with Crippen LogP contribution >= 0.6 is 11.6 Å². The predicted octanol–water partition coefficient (Wildman–Crippen LogP) is 5.04. The van der Waals surface area contributed by atoms with Crippen LogP contribution in [-0.2, 0) is 6.42 Å². The topological polar surface area (TPSA) is 83.8 Å². The Labute approximate surface area is 177 Å². The van der Waals surface area contributed by atoms with Gasteiger partial charge < -0.3 is 15.6 Å². The summed E-state index contributed by atoms with van der Waals surface area (Å²) in [5.41, 5.74) is 6.33. The van der Waals surface area contributed by atoms with E-state index in [1.54, 1.807) is 6.92 Å². The Hall–Kier alpha value is -3.37. The number of benzene rings is 2. The van der Waals surface area contributed by atoms with Crippen LogP contribution in [0.5, 0.6) is 0 Å². The van der Waals surface area contributed by atoms with Gasteiger partial charge in [0.05, 0.1) is 50.2 Å². The largest absolute Gasteiger partial charge is 0.396 e. The van der Waals surface area contributed by atoms with Crippen LogP contribution in [0.4, 0.5) is 20.2 Å². The first kappa shape index (κ1) is 21.3. The molecule has 5 nitrogen and oxygen atoms in total. The van der Waals surface area contributed by atoms with Gasteiger partial charge in [0.1, 0.15) is 11.6 Å². The Morgan fingerprint density at radius 1 is 1.30 bits per heavy atom. The van der Waals surface area contributed by atoms with Crippen LogP contribution in [0.3, 0.4) is 0 Å². The molecule has 0 atom stereocenters. The summed E-state index contributed by atoms with van der Waals surface area (Å²) in [4.78, 5) is 13.0. The van der Waals surface area contributed by atoms with Crippen molar-refractivity contribution in [3.8, 4) is 11.8 Å². The number of aryl methyl sites for hydroxylation is 1. The maximum atomic E-state index is 14.7. The summed E-state index contributed by atoms with van der Waals surface area (Å²) in [6, 6.07) is 5.64. The Morgan fingerprint density at radius 2 is 2.00 bits per heavy atom. The van der Waals surface area contributed by atoms with E-state index in [-0.39, 0.29) is 38.4 Å². The third kappa shape index (κ3) is 3.40. The van der Waals surface area contributed by atoms with Gasteiger partial charge in [-0.2, -0.15) is 5.26 Å². The van der Waals surface area contributed by atoms with E-state index in [4.69, 9.17) is 17.3 Å². The molecule has 8 heteroatoms. The van der Waals surface area contributed by atoms with E-state index in [2.05, 4.69) is 11.9 Å². The molecule has 3 N–H and O–H groups in total. The number of halogens is 3. The van der Waals surface area contributed by atoms with E-state index < -0.39 is 17.1 Å². The van der Waals surface area contributed by atoms with Gasteiger partial charge in [-0.3, -0.25) is 4.79 Å². The second-order valence-corrected chi connectivity index (χ2v) is 7.04. The number of fused-ring (bicyclic) bond motifs is 1. The Morgan fingerprint density at radius 3 is 2.60 bits per heavy atom. The molecule has 0 saturated carbocycles. The van der Waals surface area contributed by atoms with Crippen LogP contribution in [0.1, 0.15) is 25.0 Å². The summed E-state index contributed by atoms with van der Waals surface area (Å²) >= 11 is 6.53. The lowest BCUT2D eigenvalue weighted by Crippen LogP contribution is -2.16. The highest BCUT2D eigenvalue weighted by molar-refractivity contribution is 6.38. The van der Waals surface area contributed by atoms with Crippen molar-refractivity contribution < 1.29 is 8.78 Å². The van der Waals surface area contributed by atoms with E-state index in [1.165, 1.54) is 22.9 Å². The van der Waals surface area contributed by atoms with Gasteiger partial charge in [0.25, 0.3) is 0 Å². The zero-order valence-corrected chi connectivity index (χ0v) is 17.2. The molecule has 0 radical (unpaired) electrons. The fraction of sp³-hybridized carbons (Fsp3) is 0.182. The van der Waals surface area contributed by atoms with Gasteiger partial charge in [-0.1, -0.05) is 25.1 Å². The van der Waals surface area contributed by atoms with Gasteiger partial charge in [-0.25, -0.2) is 8.78 Å². The van der Waals surface area contributed by atoms with Crippen molar-refractivity contribution in [3.63, 3.8) is 0 Å². The molecular weight excluding hydrogens is 410 g/mol. The van der Waals surface area contributed by atoms with E-state index in [0.717, 1.165) is 6.07 Å². The number of nitrogens with zero attached hydrogens (tertiary/aromatic N) is 2. The third-order valence-electron chi connectivity index (χ3n) is 4.83. The number of aromatic nitrogens is 1. The first-order chi connectivity index (χ1) is 14.2. The summed E-state index contributed by atoms with van der Waals surface area (Å²) in [6.07, 6.45) is 1.86. The normalized spacial score (nSPS) is 10.8. The SMILES string of the molecule is C=C(C#N)c1cn(-c2cc(N)c(F)cc2CC)c2c(Cl)c(NCC)c(F)cc2c1=O. The molecule has 0 fully saturated rings. The van der Waals surface area contributed by atoms with Gasteiger partial charge in [-0.15, -0.1) is 0 Å². The molecule has 154 valence electrons. The maximum Gasteiger partial charge on any atom is 0.198 e. The third-order valence-corrected chi connectivity index (χ3v) is 5.20. The zero-order chi connectivity index (χ0) is 22.2. The molecule has 30 heavy (non-hydrogen) atoms. The van der Waals surface area contributed by atoms with Crippen LogP contribution in [0, 0.1) is 23.0 Å². The first-order valence-corrected chi connectivity index (χ1v) is 9.61. The van der Waals surface area contributed by atoms with E-state index in [0.29, 0.717) is 24.2 Å². The highest BCUT2D eigenvalue weighted by Gasteiger charge is 2.21. The van der Waals surface area contributed by atoms with Gasteiger partial charge in [-0.05, 0) is 37.1 Å². The number of anilines is 2. The molecule has 0 unspecified atom stereocenters. The summed E-state index contributed by atoms with van der Waals surface area (Å²) in [6.45, 7) is 7.63. The zero-order valence-electron chi connectivity index (χ0n) is 16.4. The number of hydrogen-bond acceptors (Lipinski definition) is 4. The van der Waals surface area contributed by atoms with Crippen molar-refractivity contribution in [3.05, 3.63) is 69.0 Å². The van der Waals surface area contributed by atoms with E-state index in [1.807, 2.05) is 13.0 Å². The number of nitriles is 1. The molecule has 0 amide bonds. The first-order valence-electron chi connectivity index (χ1n) is 9.23. The smallest absolute Gasteiger partial charge is 0.198 e. The number of pyridine rings is 1. The Bertz CT molecular complexity index is 1290. The molecule has 1 aromatic heterocycles. The molecule has 2 aromatic carbocycles. The number of allylic oxidation sites excluding steroid dienone is 1. The number of nitrogen functional groups attached to an aromatic ring is 1. The average molecular weight is 429 g/mol. The van der Waals surface area contributed by atoms with Gasteiger partial charge in [0.2, 0.25) is 0 Å². The van der Waals surface area contributed by atoms with E-state index >= 15 is 0 Å². The van der Waals surface area contributed by atoms with Gasteiger partial charge >= 0.3 is 0 Å². The lowest BCUT2D eigenvalue weighted by Gasteiger charge is -2.20. The molecule has 3 rings (SSSR count). The van der Waals surface area contributed by atoms with Gasteiger partial charge in [0.15, 0.2) is 5.43 Å². The Balaban J connectivity index is 2.58. The minimum absolute atomic E-state index is 0.0111. The van der Waals surface area contributed by atoms with Crippen molar-refractivity contribution in [2.45, 2.75) is 20.3 Å². The molecular formula is C22H19ClF2N4O. The van der Waals surface area contributed by atoms with Crippen LogP contribution in [0.25, 0.3) is 22.2 Å². The molecule has 0 aliphatic heterocycles. The van der Waals surface area contributed by atoms with Crippen LogP contribution in [0.15, 0.2) is 35.8 Å². The summed E-state index contributed by atoms with van der Waals surface area (Å²) in [5, 5.41) is 12.1. The summed E-state index contributed by atoms with van der Waals surface area (Å²) < 4.78 is 30.3. The fourth-order valence-corrected chi connectivity index (χ4v) is 3.70. The summed E-state index contributed by atoms with van der Waals surface area (Å²) in [7, 11) is 0. The highest BCUT2D eigenvalue weighted by atomic mass is 35.5. The minimum atomic E-state index is -0.702. The maximum absolute atomic E-state index is 14.7. The number of nitrogens with two attached hydrogens (primary N) is 1. The lowest BCUT2D eigenvalue weighted by molar-refractivity contribution is 0.630. The van der Waals surface area contributed by atoms with Crippen LogP contribution in [0.2, 0.25) is 5.02 Å². The van der Waals surface area contributed by atoms with Crippen molar-refractivity contribution in [2.75, 3.05) is 17.6 Å². The molecule has 0 aliphatic rings. The molecule has 0 bridgehead atoms. The molecule has 1 heterocycles. The predicted molar refractivity (Wildman–Crippen MR) is 117 cm³/mol. The lowest BCUT2D eigenvalue weighted by atomic mass is 10.0. The van der Waals surface area contributed by atoms with E-state index in [9.17, 15) is 18.8 Å². The number of rotatable bonds is 5. The minimum Gasteiger partial charge on any atom is -0.396 e.